The zero-order valence-electron chi connectivity index (χ0n) is 17.9. The first-order chi connectivity index (χ1) is 16.0. The van der Waals surface area contributed by atoms with Crippen LogP contribution in [-0.4, -0.2) is 12.6 Å². The highest BCUT2D eigenvalue weighted by Gasteiger charge is 2.12. The standard InChI is InChI=1S/C26H21FO6/c1-2-12-30-26(29)18-6-8-20(9-7-18)33-24-16-32-23-14-21(10-11-22(23)25(24)28)31-15-17-4-3-5-19(27)13-17/h3-11,13-14,16H,2,12,15H2,1H3. The molecular formula is C26H21FO6. The topological polar surface area (TPSA) is 75.0 Å². The molecule has 0 N–H and O–H groups in total. The van der Waals surface area contributed by atoms with Crippen LogP contribution in [0.1, 0.15) is 29.3 Å². The number of benzene rings is 3. The van der Waals surface area contributed by atoms with E-state index in [1.54, 1.807) is 54.6 Å². The molecule has 0 spiro atoms. The van der Waals surface area contributed by atoms with E-state index in [1.165, 1.54) is 18.4 Å². The number of hydrogen-bond donors (Lipinski definition) is 0. The lowest BCUT2D eigenvalue weighted by atomic mass is 10.2. The van der Waals surface area contributed by atoms with Crippen LogP contribution in [0.5, 0.6) is 17.2 Å². The van der Waals surface area contributed by atoms with Crippen LogP contribution in [0.3, 0.4) is 0 Å². The van der Waals surface area contributed by atoms with Crippen LogP contribution in [0.15, 0.2) is 82.2 Å². The van der Waals surface area contributed by atoms with Gasteiger partial charge in [-0.3, -0.25) is 4.79 Å². The Balaban J connectivity index is 1.47. The van der Waals surface area contributed by atoms with Gasteiger partial charge in [-0.2, -0.15) is 0 Å². The molecule has 0 atom stereocenters. The minimum atomic E-state index is -0.413. The fourth-order valence-corrected chi connectivity index (χ4v) is 3.11. The van der Waals surface area contributed by atoms with Gasteiger partial charge in [-0.25, -0.2) is 9.18 Å². The second kappa shape index (κ2) is 9.99. The van der Waals surface area contributed by atoms with Gasteiger partial charge in [0.25, 0.3) is 0 Å². The maximum Gasteiger partial charge on any atom is 0.338 e. The van der Waals surface area contributed by atoms with Crippen molar-refractivity contribution in [2.45, 2.75) is 20.0 Å². The van der Waals surface area contributed by atoms with E-state index in [2.05, 4.69) is 0 Å². The molecule has 1 aromatic heterocycles. The highest BCUT2D eigenvalue weighted by Crippen LogP contribution is 2.25. The summed E-state index contributed by atoms with van der Waals surface area (Å²) in [6, 6.07) is 17.2. The third-order valence-electron chi connectivity index (χ3n) is 4.76. The summed E-state index contributed by atoms with van der Waals surface area (Å²) in [5.41, 5.74) is 1.06. The number of carbonyl (C=O) groups excluding carboxylic acids is 1. The molecule has 168 valence electrons. The number of halogens is 1. The summed E-state index contributed by atoms with van der Waals surface area (Å²) in [6.45, 7) is 2.45. The molecule has 4 aromatic rings. The predicted molar refractivity (Wildman–Crippen MR) is 120 cm³/mol. The van der Waals surface area contributed by atoms with E-state index in [9.17, 15) is 14.0 Å². The van der Waals surface area contributed by atoms with Crippen molar-refractivity contribution in [3.05, 3.63) is 100 Å². The molecule has 0 fully saturated rings. The van der Waals surface area contributed by atoms with Gasteiger partial charge >= 0.3 is 5.97 Å². The lowest BCUT2D eigenvalue weighted by molar-refractivity contribution is 0.0505. The molecule has 0 saturated carbocycles. The largest absolute Gasteiger partial charge is 0.489 e. The number of rotatable bonds is 8. The molecule has 0 bridgehead atoms. The van der Waals surface area contributed by atoms with Crippen molar-refractivity contribution in [2.75, 3.05) is 6.61 Å². The van der Waals surface area contributed by atoms with E-state index in [4.69, 9.17) is 18.6 Å². The lowest BCUT2D eigenvalue weighted by Gasteiger charge is -2.09. The lowest BCUT2D eigenvalue weighted by Crippen LogP contribution is -2.06. The highest BCUT2D eigenvalue weighted by atomic mass is 19.1. The van der Waals surface area contributed by atoms with Crippen LogP contribution in [-0.2, 0) is 11.3 Å². The Morgan fingerprint density at radius 3 is 2.55 bits per heavy atom. The molecule has 1 heterocycles. The van der Waals surface area contributed by atoms with Crippen LogP contribution in [0.25, 0.3) is 11.0 Å². The van der Waals surface area contributed by atoms with E-state index in [1.807, 2.05) is 6.92 Å². The molecule has 33 heavy (non-hydrogen) atoms. The number of carbonyl (C=O) groups is 1. The number of fused-ring (bicyclic) bond motifs is 1. The molecule has 4 rings (SSSR count). The van der Waals surface area contributed by atoms with Crippen molar-refractivity contribution in [1.29, 1.82) is 0 Å². The Morgan fingerprint density at radius 1 is 1.00 bits per heavy atom. The van der Waals surface area contributed by atoms with Gasteiger partial charge in [0.1, 0.15) is 35.8 Å². The van der Waals surface area contributed by atoms with Crippen molar-refractivity contribution in [3.8, 4) is 17.2 Å². The Morgan fingerprint density at radius 2 is 1.79 bits per heavy atom. The maximum absolute atomic E-state index is 13.3. The first-order valence-electron chi connectivity index (χ1n) is 10.4. The average Bonchev–Trinajstić information content (AvgIpc) is 2.83. The van der Waals surface area contributed by atoms with E-state index in [-0.39, 0.29) is 23.6 Å². The highest BCUT2D eigenvalue weighted by molar-refractivity contribution is 5.89. The van der Waals surface area contributed by atoms with Gasteiger partial charge in [0, 0.05) is 6.07 Å². The van der Waals surface area contributed by atoms with E-state index in [0.717, 1.165) is 6.42 Å². The number of hydrogen-bond acceptors (Lipinski definition) is 6. The van der Waals surface area contributed by atoms with Gasteiger partial charge in [0.2, 0.25) is 11.2 Å². The maximum atomic E-state index is 13.3. The predicted octanol–water partition coefficient (Wildman–Crippen LogP) is 5.87. The molecule has 0 amide bonds. The minimum Gasteiger partial charge on any atom is -0.489 e. The van der Waals surface area contributed by atoms with E-state index in [0.29, 0.717) is 40.2 Å². The molecule has 0 radical (unpaired) electrons. The van der Waals surface area contributed by atoms with Gasteiger partial charge < -0.3 is 18.6 Å². The van der Waals surface area contributed by atoms with Gasteiger partial charge in [0.05, 0.1) is 17.6 Å². The molecule has 3 aromatic carbocycles. The summed E-state index contributed by atoms with van der Waals surface area (Å²) in [6.07, 6.45) is 1.97. The van der Waals surface area contributed by atoms with Crippen molar-refractivity contribution < 1.29 is 27.8 Å². The monoisotopic (exact) mass is 448 g/mol. The fraction of sp³-hybridized carbons (Fsp3) is 0.154. The van der Waals surface area contributed by atoms with Crippen molar-refractivity contribution in [1.82, 2.24) is 0 Å². The number of esters is 1. The summed E-state index contributed by atoms with van der Waals surface area (Å²) < 4.78 is 35.3. The SMILES string of the molecule is CCCOC(=O)c1ccc(Oc2coc3cc(OCc4cccc(F)c4)ccc3c2=O)cc1. The zero-order chi connectivity index (χ0) is 23.2. The van der Waals surface area contributed by atoms with Crippen LogP contribution >= 0.6 is 0 Å². The van der Waals surface area contributed by atoms with Gasteiger partial charge in [-0.05, 0) is 60.5 Å². The van der Waals surface area contributed by atoms with E-state index < -0.39 is 5.97 Å². The van der Waals surface area contributed by atoms with Crippen molar-refractivity contribution in [2.24, 2.45) is 0 Å². The van der Waals surface area contributed by atoms with Crippen LogP contribution in [0.2, 0.25) is 0 Å². The molecular weight excluding hydrogens is 427 g/mol. The molecule has 0 aliphatic heterocycles. The molecule has 6 nitrogen and oxygen atoms in total. The minimum absolute atomic E-state index is 0.0113. The summed E-state index contributed by atoms with van der Waals surface area (Å²) in [5.74, 6) is 0.123. The van der Waals surface area contributed by atoms with Gasteiger partial charge in [0.15, 0.2) is 0 Å². The Bertz CT molecular complexity index is 1330. The summed E-state index contributed by atoms with van der Waals surface area (Å²) in [5, 5.41) is 0.324. The van der Waals surface area contributed by atoms with E-state index >= 15 is 0 Å². The third kappa shape index (κ3) is 5.38. The van der Waals surface area contributed by atoms with Crippen molar-refractivity contribution in [3.63, 3.8) is 0 Å². The second-order valence-corrected chi connectivity index (χ2v) is 7.27. The van der Waals surface area contributed by atoms with Crippen LogP contribution < -0.4 is 14.9 Å². The third-order valence-corrected chi connectivity index (χ3v) is 4.76. The molecule has 0 aliphatic carbocycles. The first kappa shape index (κ1) is 22.1. The molecule has 0 aliphatic rings. The molecule has 0 saturated heterocycles. The summed E-state index contributed by atoms with van der Waals surface area (Å²) >= 11 is 0. The number of ether oxygens (including phenoxy) is 3. The normalized spacial score (nSPS) is 10.7. The van der Waals surface area contributed by atoms with Crippen molar-refractivity contribution >= 4 is 16.9 Å². The molecule has 7 heteroatoms. The van der Waals surface area contributed by atoms with Gasteiger partial charge in [-0.15, -0.1) is 0 Å². The average molecular weight is 448 g/mol. The van der Waals surface area contributed by atoms with Gasteiger partial charge in [-0.1, -0.05) is 19.1 Å². The Kier molecular flexibility index (Phi) is 6.69. The zero-order valence-corrected chi connectivity index (χ0v) is 17.9. The second-order valence-electron chi connectivity index (χ2n) is 7.27. The summed E-state index contributed by atoms with van der Waals surface area (Å²) in [7, 11) is 0. The molecule has 0 unspecified atom stereocenters. The smallest absolute Gasteiger partial charge is 0.338 e. The summed E-state index contributed by atoms with van der Waals surface area (Å²) in [4.78, 5) is 24.7. The van der Waals surface area contributed by atoms with Crippen LogP contribution in [0, 0.1) is 5.82 Å². The quantitative estimate of drug-likeness (QED) is 0.314. The first-order valence-corrected chi connectivity index (χ1v) is 10.4. The van der Waals surface area contributed by atoms with Crippen LogP contribution in [0.4, 0.5) is 4.39 Å². The Hall–Kier alpha value is -4.13. The Labute approximate surface area is 189 Å². The fourth-order valence-electron chi connectivity index (χ4n) is 3.11.